The van der Waals surface area contributed by atoms with Crippen molar-refractivity contribution in [1.29, 1.82) is 0 Å². The average Bonchev–Trinajstić information content (AvgIpc) is 1.85. The molecule has 82 valence electrons. The molecule has 0 spiro atoms. The summed E-state index contributed by atoms with van der Waals surface area (Å²) in [6, 6.07) is 0. The number of thiocarbonyl (C=S) groups is 1. The van der Waals surface area contributed by atoms with Gasteiger partial charge in [-0.3, -0.25) is 0 Å². The van der Waals surface area contributed by atoms with Gasteiger partial charge < -0.3 is 44.0 Å². The molecule has 0 unspecified atom stereocenters. The zero-order valence-corrected chi connectivity index (χ0v) is 11.5. The molecule has 0 heterocycles. The van der Waals surface area contributed by atoms with Crippen LogP contribution in [0.25, 0.3) is 0 Å². The SMILES string of the molecule is CNC(=S)OCC[N+](C)(C)C.O.[I-]. The highest BCUT2D eigenvalue weighted by molar-refractivity contribution is 7.80. The van der Waals surface area contributed by atoms with E-state index in [0.29, 0.717) is 11.8 Å². The molecule has 3 N–H and O–H groups in total. The number of ether oxygens (including phenoxy) is 1. The third-order valence-corrected chi connectivity index (χ3v) is 1.52. The number of nitrogens with zero attached hydrogens (tertiary/aromatic N) is 1. The molecule has 0 atom stereocenters. The zero-order chi connectivity index (χ0) is 8.91. The maximum atomic E-state index is 5.17. The van der Waals surface area contributed by atoms with Crippen molar-refractivity contribution < 1.29 is 38.7 Å². The molecule has 0 aliphatic rings. The van der Waals surface area contributed by atoms with Crippen molar-refractivity contribution in [2.24, 2.45) is 0 Å². The Morgan fingerprint density at radius 1 is 1.38 bits per heavy atom. The van der Waals surface area contributed by atoms with Gasteiger partial charge in [0.2, 0.25) is 0 Å². The fourth-order valence-electron chi connectivity index (χ4n) is 0.484. The molecule has 0 bridgehead atoms. The summed E-state index contributed by atoms with van der Waals surface area (Å²) in [6.45, 7) is 1.63. The summed E-state index contributed by atoms with van der Waals surface area (Å²) in [6.07, 6.45) is 0. The van der Waals surface area contributed by atoms with Crippen molar-refractivity contribution in [1.82, 2.24) is 5.32 Å². The topological polar surface area (TPSA) is 52.8 Å². The van der Waals surface area contributed by atoms with Gasteiger partial charge in [0.05, 0.1) is 21.1 Å². The molecule has 0 amide bonds. The fraction of sp³-hybridized carbons (Fsp3) is 0.857. The minimum atomic E-state index is 0. The van der Waals surface area contributed by atoms with Gasteiger partial charge >= 0.3 is 0 Å². The standard InChI is InChI=1S/C7H16N2OS.HI.H2O/c1-8-7(11)10-6-5-9(2,3)4;;/h5-6H2,1-4H3;1H;1H2. The Hall–Kier alpha value is 0.340. The summed E-state index contributed by atoms with van der Waals surface area (Å²) in [5, 5.41) is 3.22. The molecule has 0 aromatic heterocycles. The van der Waals surface area contributed by atoms with Crippen LogP contribution < -0.4 is 29.3 Å². The van der Waals surface area contributed by atoms with Crippen LogP contribution in [0, 0.1) is 0 Å². The molecule has 4 nitrogen and oxygen atoms in total. The Kier molecular flexibility index (Phi) is 13.0. The number of quaternary nitrogens is 1. The largest absolute Gasteiger partial charge is 1.00 e. The van der Waals surface area contributed by atoms with Crippen LogP contribution in [0.2, 0.25) is 0 Å². The second-order valence-electron chi connectivity index (χ2n) is 3.40. The van der Waals surface area contributed by atoms with Crippen molar-refractivity contribution in [2.75, 3.05) is 41.3 Å². The predicted octanol–water partition coefficient (Wildman–Crippen LogP) is -3.61. The Labute approximate surface area is 103 Å². The minimum Gasteiger partial charge on any atom is -1.00 e. The van der Waals surface area contributed by atoms with Gasteiger partial charge in [-0.2, -0.15) is 0 Å². The van der Waals surface area contributed by atoms with E-state index < -0.39 is 0 Å². The quantitative estimate of drug-likeness (QED) is 0.332. The van der Waals surface area contributed by atoms with Crippen molar-refractivity contribution in [3.63, 3.8) is 0 Å². The molecule has 0 radical (unpaired) electrons. The lowest BCUT2D eigenvalue weighted by molar-refractivity contribution is -0.870. The molecule has 0 rings (SSSR count). The Balaban J connectivity index is -0.000000500. The first-order valence-electron chi connectivity index (χ1n) is 3.60. The van der Waals surface area contributed by atoms with Gasteiger partial charge in [0.15, 0.2) is 0 Å². The summed E-state index contributed by atoms with van der Waals surface area (Å²) in [5.41, 5.74) is 0. The summed E-state index contributed by atoms with van der Waals surface area (Å²) in [7, 11) is 8.11. The zero-order valence-electron chi connectivity index (χ0n) is 8.56. The van der Waals surface area contributed by atoms with Crippen LogP contribution in [0.5, 0.6) is 0 Å². The molecule has 0 saturated heterocycles. The number of rotatable bonds is 3. The second-order valence-corrected chi connectivity index (χ2v) is 3.77. The lowest BCUT2D eigenvalue weighted by atomic mass is 10.5. The number of halogens is 1. The van der Waals surface area contributed by atoms with Gasteiger partial charge in [-0.25, -0.2) is 0 Å². The van der Waals surface area contributed by atoms with E-state index in [9.17, 15) is 0 Å². The van der Waals surface area contributed by atoms with Crippen molar-refractivity contribution in [2.45, 2.75) is 0 Å². The Morgan fingerprint density at radius 2 is 1.85 bits per heavy atom. The minimum absolute atomic E-state index is 0. The molecule has 0 aromatic carbocycles. The Morgan fingerprint density at radius 3 is 2.15 bits per heavy atom. The highest BCUT2D eigenvalue weighted by Gasteiger charge is 2.06. The van der Waals surface area contributed by atoms with Crippen LogP contribution in [0.15, 0.2) is 0 Å². The van der Waals surface area contributed by atoms with Crippen molar-refractivity contribution >= 4 is 17.4 Å². The van der Waals surface area contributed by atoms with E-state index in [1.165, 1.54) is 0 Å². The maximum Gasteiger partial charge on any atom is 0.256 e. The molecule has 0 aliphatic carbocycles. The van der Waals surface area contributed by atoms with Gasteiger partial charge in [0, 0.05) is 7.05 Å². The van der Waals surface area contributed by atoms with E-state index in [2.05, 4.69) is 26.5 Å². The van der Waals surface area contributed by atoms with Gasteiger partial charge in [0.1, 0.15) is 13.2 Å². The molecular formula is C7H19IN2O2S. The molecule has 6 heteroatoms. The summed E-state index contributed by atoms with van der Waals surface area (Å²) in [5.74, 6) is 0. The molecule has 0 fully saturated rings. The molecule has 0 aromatic rings. The number of likely N-dealkylation sites (N-methyl/N-ethyl adjacent to an activating group) is 1. The van der Waals surface area contributed by atoms with Gasteiger partial charge in [-0.05, 0) is 12.2 Å². The number of nitrogens with one attached hydrogen (secondary N) is 1. The number of hydrogen-bond acceptors (Lipinski definition) is 2. The average molecular weight is 322 g/mol. The first kappa shape index (κ1) is 19.0. The normalized spacial score (nSPS) is 9.23. The molecule has 0 saturated carbocycles. The van der Waals surface area contributed by atoms with Gasteiger partial charge in [-0.15, -0.1) is 0 Å². The third-order valence-electron chi connectivity index (χ3n) is 1.20. The van der Waals surface area contributed by atoms with Crippen LogP contribution in [-0.4, -0.2) is 56.5 Å². The fourth-order valence-corrected chi connectivity index (χ4v) is 0.568. The van der Waals surface area contributed by atoms with Gasteiger partial charge in [0.25, 0.3) is 5.17 Å². The predicted molar refractivity (Wildman–Crippen MR) is 54.1 cm³/mol. The molecule has 0 aliphatic heterocycles. The highest BCUT2D eigenvalue weighted by Crippen LogP contribution is 1.89. The summed E-state index contributed by atoms with van der Waals surface area (Å²) >= 11 is 4.80. The van der Waals surface area contributed by atoms with E-state index in [4.69, 9.17) is 17.0 Å². The lowest BCUT2D eigenvalue weighted by Gasteiger charge is -2.23. The van der Waals surface area contributed by atoms with Crippen LogP contribution in [-0.2, 0) is 4.74 Å². The molecular weight excluding hydrogens is 303 g/mol. The highest BCUT2D eigenvalue weighted by atomic mass is 127. The first-order chi connectivity index (χ1) is 4.95. The van der Waals surface area contributed by atoms with Crippen LogP contribution >= 0.6 is 12.2 Å². The van der Waals surface area contributed by atoms with Gasteiger partial charge in [-0.1, -0.05) is 0 Å². The monoisotopic (exact) mass is 322 g/mol. The van der Waals surface area contributed by atoms with Crippen LogP contribution in [0.1, 0.15) is 0 Å². The Bertz CT molecular complexity index is 139. The van der Waals surface area contributed by atoms with E-state index in [1.54, 1.807) is 7.05 Å². The van der Waals surface area contributed by atoms with E-state index in [0.717, 1.165) is 11.0 Å². The lowest BCUT2D eigenvalue weighted by Crippen LogP contribution is -3.00. The first-order valence-corrected chi connectivity index (χ1v) is 4.01. The van der Waals surface area contributed by atoms with E-state index in [1.807, 2.05) is 0 Å². The number of hydrogen-bond donors (Lipinski definition) is 1. The van der Waals surface area contributed by atoms with Crippen LogP contribution in [0.3, 0.4) is 0 Å². The second kappa shape index (κ2) is 8.92. The maximum absolute atomic E-state index is 5.17. The third kappa shape index (κ3) is 15.1. The van der Waals surface area contributed by atoms with E-state index in [-0.39, 0.29) is 29.5 Å². The summed E-state index contributed by atoms with van der Waals surface area (Å²) < 4.78 is 6.07. The van der Waals surface area contributed by atoms with E-state index >= 15 is 0 Å². The smallest absolute Gasteiger partial charge is 0.256 e. The molecule has 13 heavy (non-hydrogen) atoms. The van der Waals surface area contributed by atoms with Crippen molar-refractivity contribution in [3.05, 3.63) is 0 Å². The van der Waals surface area contributed by atoms with Crippen molar-refractivity contribution in [3.8, 4) is 0 Å². The summed E-state index contributed by atoms with van der Waals surface area (Å²) in [4.78, 5) is 0. The van der Waals surface area contributed by atoms with Crippen LogP contribution in [0.4, 0.5) is 0 Å².